The molecule has 1 aliphatic heterocycles. The topological polar surface area (TPSA) is 58.1 Å². The van der Waals surface area contributed by atoms with Crippen LogP contribution in [0.25, 0.3) is 10.9 Å². The summed E-state index contributed by atoms with van der Waals surface area (Å²) in [6.45, 7) is 5.84. The molecule has 1 amide bonds. The van der Waals surface area contributed by atoms with E-state index in [9.17, 15) is 4.79 Å². The van der Waals surface area contributed by atoms with Gasteiger partial charge in [-0.25, -0.2) is 9.97 Å². The van der Waals surface area contributed by atoms with Gasteiger partial charge in [-0.2, -0.15) is 0 Å². The fourth-order valence-electron chi connectivity index (χ4n) is 2.59. The lowest BCUT2D eigenvalue weighted by Gasteiger charge is -2.18. The summed E-state index contributed by atoms with van der Waals surface area (Å²) in [5, 5.41) is 3.94. The third-order valence-corrected chi connectivity index (χ3v) is 3.81. The van der Waals surface area contributed by atoms with E-state index >= 15 is 0 Å². The Morgan fingerprint density at radius 2 is 2.00 bits per heavy atom. The normalized spacial score (nSPS) is 14.9. The van der Waals surface area contributed by atoms with Gasteiger partial charge in [-0.05, 0) is 31.0 Å². The molecule has 0 atom stereocenters. The molecule has 1 fully saturated rings. The number of amides is 1. The Hall–Kier alpha value is -2.17. The third-order valence-electron chi connectivity index (χ3n) is 3.81. The van der Waals surface area contributed by atoms with E-state index in [-0.39, 0.29) is 11.8 Å². The standard InChI is InChI=1S/C16H20N4O/c1-11(2)16(21)19-12-5-6-14-13(9-12)15(18-10-17-14)20-7-3-4-8-20/h5-6,9-11H,3-4,7-8H2,1-2H3,(H,19,21). The highest BCUT2D eigenvalue weighted by molar-refractivity contribution is 5.97. The first kappa shape index (κ1) is 13.8. The molecule has 5 heteroatoms. The number of hydrogen-bond acceptors (Lipinski definition) is 4. The van der Waals surface area contributed by atoms with Gasteiger partial charge < -0.3 is 10.2 Å². The zero-order valence-corrected chi connectivity index (χ0v) is 12.5. The fourth-order valence-corrected chi connectivity index (χ4v) is 2.59. The number of carbonyl (C=O) groups excluding carboxylic acids is 1. The van der Waals surface area contributed by atoms with E-state index < -0.39 is 0 Å². The van der Waals surface area contributed by atoms with Crippen LogP contribution in [0.3, 0.4) is 0 Å². The molecule has 5 nitrogen and oxygen atoms in total. The van der Waals surface area contributed by atoms with Gasteiger partial charge in [0.05, 0.1) is 5.52 Å². The van der Waals surface area contributed by atoms with Gasteiger partial charge in [0.1, 0.15) is 12.1 Å². The summed E-state index contributed by atoms with van der Waals surface area (Å²) in [6.07, 6.45) is 4.02. The summed E-state index contributed by atoms with van der Waals surface area (Å²) in [6, 6.07) is 5.80. The smallest absolute Gasteiger partial charge is 0.226 e. The lowest BCUT2D eigenvalue weighted by molar-refractivity contribution is -0.118. The van der Waals surface area contributed by atoms with E-state index in [1.165, 1.54) is 12.8 Å². The van der Waals surface area contributed by atoms with Crippen molar-refractivity contribution in [2.75, 3.05) is 23.3 Å². The van der Waals surface area contributed by atoms with Crippen LogP contribution < -0.4 is 10.2 Å². The highest BCUT2D eigenvalue weighted by Crippen LogP contribution is 2.28. The number of nitrogens with zero attached hydrogens (tertiary/aromatic N) is 3. The molecule has 1 saturated heterocycles. The Morgan fingerprint density at radius 3 is 2.71 bits per heavy atom. The van der Waals surface area contributed by atoms with Crippen molar-refractivity contribution < 1.29 is 4.79 Å². The molecule has 0 unspecified atom stereocenters. The van der Waals surface area contributed by atoms with Crippen LogP contribution in [0.5, 0.6) is 0 Å². The minimum atomic E-state index is -0.0363. The SMILES string of the molecule is CC(C)C(=O)Nc1ccc2ncnc(N3CCCC3)c2c1. The molecule has 0 spiro atoms. The Bertz CT molecular complexity index is 662. The molecule has 0 bridgehead atoms. The highest BCUT2D eigenvalue weighted by atomic mass is 16.1. The molecular formula is C16H20N4O. The summed E-state index contributed by atoms with van der Waals surface area (Å²) >= 11 is 0. The van der Waals surface area contributed by atoms with E-state index in [2.05, 4.69) is 20.2 Å². The van der Waals surface area contributed by atoms with Crippen LogP contribution >= 0.6 is 0 Å². The maximum absolute atomic E-state index is 11.8. The van der Waals surface area contributed by atoms with Crippen LogP contribution in [-0.2, 0) is 4.79 Å². The first-order valence-electron chi connectivity index (χ1n) is 7.46. The van der Waals surface area contributed by atoms with Gasteiger partial charge in [0.25, 0.3) is 0 Å². The number of carbonyl (C=O) groups is 1. The average Bonchev–Trinajstić information content (AvgIpc) is 3.00. The van der Waals surface area contributed by atoms with E-state index in [1.807, 2.05) is 32.0 Å². The molecule has 2 heterocycles. The maximum Gasteiger partial charge on any atom is 0.226 e. The first-order chi connectivity index (χ1) is 10.1. The predicted molar refractivity (Wildman–Crippen MR) is 84.5 cm³/mol. The second-order valence-corrected chi connectivity index (χ2v) is 5.77. The van der Waals surface area contributed by atoms with Gasteiger partial charge in [-0.3, -0.25) is 4.79 Å². The second kappa shape index (κ2) is 5.68. The van der Waals surface area contributed by atoms with Crippen molar-refractivity contribution in [1.82, 2.24) is 9.97 Å². The molecule has 3 rings (SSSR count). The number of benzene rings is 1. The summed E-state index contributed by atoms with van der Waals surface area (Å²) in [5.74, 6) is 0.956. The highest BCUT2D eigenvalue weighted by Gasteiger charge is 2.17. The lowest BCUT2D eigenvalue weighted by atomic mass is 10.1. The second-order valence-electron chi connectivity index (χ2n) is 5.77. The number of fused-ring (bicyclic) bond motifs is 1. The summed E-state index contributed by atoms with van der Waals surface area (Å²) in [4.78, 5) is 22.9. The minimum absolute atomic E-state index is 0.0221. The molecule has 1 aromatic heterocycles. The van der Waals surface area contributed by atoms with E-state index in [1.54, 1.807) is 6.33 Å². The van der Waals surface area contributed by atoms with Gasteiger partial charge in [0, 0.05) is 30.1 Å². The van der Waals surface area contributed by atoms with Crippen LogP contribution in [0.4, 0.5) is 11.5 Å². The molecule has 2 aromatic rings. The molecule has 1 aromatic carbocycles. The first-order valence-corrected chi connectivity index (χ1v) is 7.46. The number of hydrogen-bond donors (Lipinski definition) is 1. The van der Waals surface area contributed by atoms with E-state index in [0.717, 1.165) is 35.5 Å². The van der Waals surface area contributed by atoms with Crippen LogP contribution in [0.2, 0.25) is 0 Å². The monoisotopic (exact) mass is 284 g/mol. The Morgan fingerprint density at radius 1 is 1.24 bits per heavy atom. The van der Waals surface area contributed by atoms with Crippen LogP contribution in [0, 0.1) is 5.92 Å². The molecular weight excluding hydrogens is 264 g/mol. The Balaban J connectivity index is 1.98. The van der Waals surface area contributed by atoms with Gasteiger partial charge >= 0.3 is 0 Å². The zero-order chi connectivity index (χ0) is 14.8. The van der Waals surface area contributed by atoms with Crippen LogP contribution in [0.1, 0.15) is 26.7 Å². The quantitative estimate of drug-likeness (QED) is 0.941. The molecule has 1 aliphatic rings. The van der Waals surface area contributed by atoms with Gasteiger partial charge in [-0.1, -0.05) is 13.8 Å². The van der Waals surface area contributed by atoms with Crippen molar-refractivity contribution in [2.24, 2.45) is 5.92 Å². The summed E-state index contributed by atoms with van der Waals surface area (Å²) < 4.78 is 0. The fraction of sp³-hybridized carbons (Fsp3) is 0.438. The third kappa shape index (κ3) is 2.82. The van der Waals surface area contributed by atoms with Crippen molar-refractivity contribution in [1.29, 1.82) is 0 Å². The Kier molecular flexibility index (Phi) is 3.73. The lowest BCUT2D eigenvalue weighted by Crippen LogP contribution is -2.20. The number of aromatic nitrogens is 2. The number of rotatable bonds is 3. The molecule has 0 aliphatic carbocycles. The molecule has 21 heavy (non-hydrogen) atoms. The molecule has 110 valence electrons. The number of nitrogens with one attached hydrogen (secondary N) is 1. The molecule has 1 N–H and O–H groups in total. The molecule has 0 radical (unpaired) electrons. The average molecular weight is 284 g/mol. The van der Waals surface area contributed by atoms with Gasteiger partial charge in [-0.15, -0.1) is 0 Å². The van der Waals surface area contributed by atoms with E-state index in [4.69, 9.17) is 0 Å². The van der Waals surface area contributed by atoms with Crippen molar-refractivity contribution in [3.05, 3.63) is 24.5 Å². The maximum atomic E-state index is 11.8. The minimum Gasteiger partial charge on any atom is -0.356 e. The number of anilines is 2. The molecule has 0 saturated carbocycles. The summed E-state index contributed by atoms with van der Waals surface area (Å²) in [7, 11) is 0. The van der Waals surface area contributed by atoms with Gasteiger partial charge in [0.2, 0.25) is 5.91 Å². The van der Waals surface area contributed by atoms with Gasteiger partial charge in [0.15, 0.2) is 0 Å². The Labute approximate surface area is 124 Å². The largest absolute Gasteiger partial charge is 0.356 e. The van der Waals surface area contributed by atoms with Crippen LogP contribution in [-0.4, -0.2) is 29.0 Å². The van der Waals surface area contributed by atoms with Crippen molar-refractivity contribution in [3.8, 4) is 0 Å². The zero-order valence-electron chi connectivity index (χ0n) is 12.5. The van der Waals surface area contributed by atoms with Crippen molar-refractivity contribution in [3.63, 3.8) is 0 Å². The van der Waals surface area contributed by atoms with Crippen LogP contribution in [0.15, 0.2) is 24.5 Å². The van der Waals surface area contributed by atoms with Crippen molar-refractivity contribution in [2.45, 2.75) is 26.7 Å². The predicted octanol–water partition coefficient (Wildman–Crippen LogP) is 2.82. The van der Waals surface area contributed by atoms with Crippen molar-refractivity contribution >= 4 is 28.3 Å². The van der Waals surface area contributed by atoms with E-state index in [0.29, 0.717) is 0 Å². The summed E-state index contributed by atoms with van der Waals surface area (Å²) in [5.41, 5.74) is 1.71.